The van der Waals surface area contributed by atoms with Crippen molar-refractivity contribution < 1.29 is 14.0 Å². The summed E-state index contributed by atoms with van der Waals surface area (Å²) in [6, 6.07) is 5.60. The molecule has 28 heavy (non-hydrogen) atoms. The summed E-state index contributed by atoms with van der Waals surface area (Å²) in [6.07, 6.45) is 4.49. The molecule has 0 radical (unpaired) electrons. The largest absolute Gasteiger partial charge is 0.350 e. The standard InChI is InChI=1S/C21H29FN2O2.2H2S/c1-14(2)10-18-13-24(19(11-15(3)4)21(26)23-18)20(25)9-8-16-6-5-7-17(22)12-16;;/h5-9,12,14-15,18-19H,10-11,13H2,1-4H3,(H,23,26);2*1H2/b9-8+;;/t18-,19-;;/m0../s1. The van der Waals surface area contributed by atoms with E-state index in [9.17, 15) is 14.0 Å². The zero-order valence-corrected chi connectivity index (χ0v) is 19.0. The molecule has 0 unspecified atom stereocenters. The van der Waals surface area contributed by atoms with Gasteiger partial charge >= 0.3 is 0 Å². The molecule has 1 aromatic rings. The van der Waals surface area contributed by atoms with Crippen LogP contribution in [0.1, 0.15) is 46.1 Å². The first kappa shape index (κ1) is 26.5. The van der Waals surface area contributed by atoms with Crippen molar-refractivity contribution in [3.63, 3.8) is 0 Å². The molecule has 1 saturated heterocycles. The number of hydrogen-bond donors (Lipinski definition) is 1. The van der Waals surface area contributed by atoms with E-state index >= 15 is 0 Å². The predicted molar refractivity (Wildman–Crippen MR) is 123 cm³/mol. The summed E-state index contributed by atoms with van der Waals surface area (Å²) in [6.45, 7) is 8.79. The fourth-order valence-electron chi connectivity index (χ4n) is 3.35. The quantitative estimate of drug-likeness (QED) is 0.700. The van der Waals surface area contributed by atoms with Crippen LogP contribution in [0.4, 0.5) is 4.39 Å². The highest BCUT2D eigenvalue weighted by molar-refractivity contribution is 7.59. The Morgan fingerprint density at radius 1 is 1.21 bits per heavy atom. The van der Waals surface area contributed by atoms with Crippen LogP contribution < -0.4 is 5.32 Å². The van der Waals surface area contributed by atoms with Crippen molar-refractivity contribution in [3.8, 4) is 0 Å². The molecule has 7 heteroatoms. The van der Waals surface area contributed by atoms with Gasteiger partial charge in [0, 0.05) is 18.7 Å². The maximum Gasteiger partial charge on any atom is 0.247 e. The van der Waals surface area contributed by atoms with Crippen molar-refractivity contribution in [2.75, 3.05) is 6.54 Å². The van der Waals surface area contributed by atoms with Crippen LogP contribution in [0, 0.1) is 17.7 Å². The highest BCUT2D eigenvalue weighted by Crippen LogP contribution is 2.20. The van der Waals surface area contributed by atoms with Gasteiger partial charge in [-0.1, -0.05) is 39.8 Å². The number of hydrogen-bond acceptors (Lipinski definition) is 2. The first-order valence-corrected chi connectivity index (χ1v) is 9.31. The van der Waals surface area contributed by atoms with Crippen LogP contribution in [0.2, 0.25) is 0 Å². The molecule has 1 aliphatic heterocycles. The molecule has 2 atom stereocenters. The first-order valence-electron chi connectivity index (χ1n) is 9.31. The van der Waals surface area contributed by atoms with Crippen molar-refractivity contribution in [2.24, 2.45) is 11.8 Å². The Morgan fingerprint density at radius 3 is 2.43 bits per heavy atom. The summed E-state index contributed by atoms with van der Waals surface area (Å²) in [4.78, 5) is 27.0. The van der Waals surface area contributed by atoms with Crippen molar-refractivity contribution in [1.82, 2.24) is 10.2 Å². The number of nitrogens with one attached hydrogen (secondary N) is 1. The third kappa shape index (κ3) is 7.87. The summed E-state index contributed by atoms with van der Waals surface area (Å²) < 4.78 is 13.3. The van der Waals surface area contributed by atoms with E-state index in [1.165, 1.54) is 18.2 Å². The van der Waals surface area contributed by atoms with Gasteiger partial charge in [-0.3, -0.25) is 9.59 Å². The molecule has 0 aliphatic carbocycles. The number of benzene rings is 1. The number of rotatable bonds is 6. The number of nitrogens with zero attached hydrogens (tertiary/aromatic N) is 1. The van der Waals surface area contributed by atoms with E-state index in [0.717, 1.165) is 6.42 Å². The van der Waals surface area contributed by atoms with Gasteiger partial charge in [0.1, 0.15) is 11.9 Å². The number of halogens is 1. The van der Waals surface area contributed by atoms with Crippen molar-refractivity contribution in [2.45, 2.75) is 52.6 Å². The Bertz CT molecular complexity index is 680. The predicted octanol–water partition coefficient (Wildman–Crippen LogP) is 3.85. The van der Waals surface area contributed by atoms with Gasteiger partial charge in [0.2, 0.25) is 11.8 Å². The van der Waals surface area contributed by atoms with E-state index in [-0.39, 0.29) is 50.7 Å². The normalized spacial score (nSPS) is 19.4. The van der Waals surface area contributed by atoms with E-state index in [2.05, 4.69) is 19.2 Å². The first-order chi connectivity index (χ1) is 12.3. The molecular formula is C21H33FN2O2S2. The summed E-state index contributed by atoms with van der Waals surface area (Å²) in [5, 5.41) is 3.06. The summed E-state index contributed by atoms with van der Waals surface area (Å²) in [7, 11) is 0. The maximum atomic E-state index is 13.3. The summed E-state index contributed by atoms with van der Waals surface area (Å²) in [5.41, 5.74) is 0.624. The van der Waals surface area contributed by atoms with Crippen LogP contribution in [0.25, 0.3) is 6.08 Å². The molecule has 1 aliphatic rings. The number of piperazine rings is 1. The third-order valence-corrected chi connectivity index (χ3v) is 4.44. The number of amides is 2. The van der Waals surface area contributed by atoms with E-state index < -0.39 is 6.04 Å². The molecule has 2 amide bonds. The average molecular weight is 429 g/mol. The zero-order valence-electron chi connectivity index (χ0n) is 17.0. The molecule has 2 rings (SSSR count). The van der Waals surface area contributed by atoms with Crippen LogP contribution in [0.15, 0.2) is 30.3 Å². The van der Waals surface area contributed by atoms with Gasteiger partial charge in [-0.05, 0) is 48.4 Å². The minimum absolute atomic E-state index is 0. The van der Waals surface area contributed by atoms with Gasteiger partial charge < -0.3 is 10.2 Å². The molecule has 0 spiro atoms. The molecule has 1 fully saturated rings. The van der Waals surface area contributed by atoms with Gasteiger partial charge in [0.05, 0.1) is 0 Å². The van der Waals surface area contributed by atoms with Crippen molar-refractivity contribution >= 4 is 44.9 Å². The SMILES string of the molecule is CC(C)C[C@H]1CN(C(=O)/C=C/c2cccc(F)c2)[C@@H](CC(C)C)C(=O)N1.S.S. The lowest BCUT2D eigenvalue weighted by Crippen LogP contribution is -2.61. The monoisotopic (exact) mass is 428 g/mol. The van der Waals surface area contributed by atoms with Crippen LogP contribution in [0.3, 0.4) is 0 Å². The maximum absolute atomic E-state index is 13.3. The van der Waals surface area contributed by atoms with Gasteiger partial charge in [0.15, 0.2) is 0 Å². The molecule has 0 aromatic heterocycles. The minimum Gasteiger partial charge on any atom is -0.350 e. The molecule has 1 N–H and O–H groups in total. The van der Waals surface area contributed by atoms with Gasteiger partial charge in [-0.25, -0.2) is 4.39 Å². The Hall–Kier alpha value is -1.47. The summed E-state index contributed by atoms with van der Waals surface area (Å²) >= 11 is 0. The fraction of sp³-hybridized carbons (Fsp3) is 0.524. The zero-order chi connectivity index (χ0) is 19.3. The number of carbonyl (C=O) groups excluding carboxylic acids is 2. The molecule has 158 valence electrons. The third-order valence-electron chi connectivity index (χ3n) is 4.44. The fourth-order valence-corrected chi connectivity index (χ4v) is 3.35. The van der Waals surface area contributed by atoms with Crippen molar-refractivity contribution in [3.05, 3.63) is 41.7 Å². The second-order valence-electron chi connectivity index (χ2n) is 7.86. The molecule has 1 aromatic carbocycles. The highest BCUT2D eigenvalue weighted by atomic mass is 32.1. The Morgan fingerprint density at radius 2 is 1.86 bits per heavy atom. The highest BCUT2D eigenvalue weighted by Gasteiger charge is 2.36. The molecular weight excluding hydrogens is 395 g/mol. The van der Waals surface area contributed by atoms with E-state index in [4.69, 9.17) is 0 Å². The van der Waals surface area contributed by atoms with Gasteiger partial charge in [0.25, 0.3) is 0 Å². The molecule has 4 nitrogen and oxygen atoms in total. The number of carbonyl (C=O) groups is 2. The van der Waals surface area contributed by atoms with Gasteiger partial charge in [-0.15, -0.1) is 0 Å². The smallest absolute Gasteiger partial charge is 0.247 e. The second-order valence-corrected chi connectivity index (χ2v) is 7.86. The van der Waals surface area contributed by atoms with Crippen LogP contribution in [-0.4, -0.2) is 35.3 Å². The van der Waals surface area contributed by atoms with Crippen molar-refractivity contribution in [1.29, 1.82) is 0 Å². The Labute approximate surface area is 181 Å². The Balaban J connectivity index is 0.00000364. The van der Waals surface area contributed by atoms with E-state index in [1.807, 2.05) is 13.8 Å². The molecule has 1 heterocycles. The van der Waals surface area contributed by atoms with Crippen LogP contribution in [0.5, 0.6) is 0 Å². The lowest BCUT2D eigenvalue weighted by molar-refractivity contribution is -0.142. The van der Waals surface area contributed by atoms with Crippen LogP contribution in [-0.2, 0) is 9.59 Å². The molecule has 0 saturated carbocycles. The van der Waals surface area contributed by atoms with E-state index in [0.29, 0.717) is 30.4 Å². The minimum atomic E-state index is -0.455. The van der Waals surface area contributed by atoms with Gasteiger partial charge in [-0.2, -0.15) is 27.0 Å². The Kier molecular flexibility index (Phi) is 11.5. The molecule has 0 bridgehead atoms. The van der Waals surface area contributed by atoms with Crippen LogP contribution >= 0.6 is 27.0 Å². The summed E-state index contributed by atoms with van der Waals surface area (Å²) in [5.74, 6) is 0.106. The van der Waals surface area contributed by atoms with E-state index in [1.54, 1.807) is 23.1 Å². The lowest BCUT2D eigenvalue weighted by Gasteiger charge is -2.40. The lowest BCUT2D eigenvalue weighted by atomic mass is 9.95. The second kappa shape index (κ2) is 12.2. The topological polar surface area (TPSA) is 49.4 Å². The average Bonchev–Trinajstić information content (AvgIpc) is 2.54.